The zero-order chi connectivity index (χ0) is 20.3. The predicted octanol–water partition coefficient (Wildman–Crippen LogP) is 3.56. The van der Waals surface area contributed by atoms with Gasteiger partial charge >= 0.3 is 0 Å². The Hall–Kier alpha value is -2.24. The number of nitrogens with one attached hydrogen (secondary N) is 2. The van der Waals surface area contributed by atoms with Gasteiger partial charge in [-0.05, 0) is 43.7 Å². The average molecular weight is 388 g/mol. The summed E-state index contributed by atoms with van der Waals surface area (Å²) < 4.78 is 5.50. The Bertz CT molecular complexity index is 721. The van der Waals surface area contributed by atoms with Crippen LogP contribution in [-0.2, 0) is 9.59 Å². The highest BCUT2D eigenvalue weighted by molar-refractivity contribution is 5.97. The van der Waals surface area contributed by atoms with Crippen molar-refractivity contribution in [2.75, 3.05) is 23.9 Å². The fraction of sp³-hybridized carbons (Fsp3) is 0.636. The largest absolute Gasteiger partial charge is 0.494 e. The van der Waals surface area contributed by atoms with E-state index >= 15 is 0 Å². The normalized spacial score (nSPS) is 26.1. The molecule has 4 atom stereocenters. The van der Waals surface area contributed by atoms with E-state index in [1.54, 1.807) is 12.0 Å². The highest BCUT2D eigenvalue weighted by Crippen LogP contribution is 2.34. The van der Waals surface area contributed by atoms with Gasteiger partial charge in [0.05, 0.1) is 12.8 Å². The maximum atomic E-state index is 12.7. The van der Waals surface area contributed by atoms with Gasteiger partial charge in [0.1, 0.15) is 11.8 Å². The van der Waals surface area contributed by atoms with Gasteiger partial charge in [-0.1, -0.05) is 26.7 Å². The van der Waals surface area contributed by atoms with Crippen LogP contribution in [0.15, 0.2) is 18.2 Å². The molecular formula is C22H33N3O3. The van der Waals surface area contributed by atoms with Gasteiger partial charge in [-0.2, -0.15) is 0 Å². The van der Waals surface area contributed by atoms with Gasteiger partial charge < -0.3 is 20.3 Å². The smallest absolute Gasteiger partial charge is 0.242 e. The summed E-state index contributed by atoms with van der Waals surface area (Å²) in [4.78, 5) is 26.5. The molecule has 0 radical (unpaired) electrons. The van der Waals surface area contributed by atoms with E-state index in [0.717, 1.165) is 30.8 Å². The van der Waals surface area contributed by atoms with Gasteiger partial charge in [0.25, 0.3) is 0 Å². The molecule has 2 N–H and O–H groups in total. The van der Waals surface area contributed by atoms with Gasteiger partial charge in [-0.25, -0.2) is 0 Å². The molecule has 1 saturated carbocycles. The van der Waals surface area contributed by atoms with Crippen molar-refractivity contribution in [3.8, 4) is 5.75 Å². The average Bonchev–Trinajstić information content (AvgIpc) is 3.11. The molecule has 1 aliphatic heterocycles. The number of carbonyl (C=O) groups is 2. The van der Waals surface area contributed by atoms with Crippen molar-refractivity contribution in [2.45, 2.75) is 65.0 Å². The Morgan fingerprint density at radius 3 is 2.71 bits per heavy atom. The molecule has 1 aromatic carbocycles. The SMILES string of the molecule is COc1cc(N[C@H](C)C(=O)N[C@@H]2CCC[C@@H](C)[C@H]2C)ccc1N1CCCC1=O. The summed E-state index contributed by atoms with van der Waals surface area (Å²) in [6, 6.07) is 5.54. The number of ether oxygens (including phenoxy) is 1. The highest BCUT2D eigenvalue weighted by Gasteiger charge is 2.29. The van der Waals surface area contributed by atoms with Gasteiger partial charge in [-0.15, -0.1) is 0 Å². The van der Waals surface area contributed by atoms with E-state index in [-0.39, 0.29) is 23.9 Å². The molecule has 2 fully saturated rings. The van der Waals surface area contributed by atoms with Crippen molar-refractivity contribution < 1.29 is 14.3 Å². The predicted molar refractivity (Wildman–Crippen MR) is 112 cm³/mol. The third kappa shape index (κ3) is 4.42. The van der Waals surface area contributed by atoms with Gasteiger partial charge in [-0.3, -0.25) is 9.59 Å². The first kappa shape index (κ1) is 20.5. The number of nitrogens with zero attached hydrogens (tertiary/aromatic N) is 1. The number of benzene rings is 1. The van der Waals surface area contributed by atoms with Crippen LogP contribution in [0.25, 0.3) is 0 Å². The minimum Gasteiger partial charge on any atom is -0.494 e. The number of hydrogen-bond donors (Lipinski definition) is 2. The van der Waals surface area contributed by atoms with Crippen LogP contribution in [0.1, 0.15) is 52.9 Å². The van der Waals surface area contributed by atoms with Crippen LogP contribution in [0.2, 0.25) is 0 Å². The van der Waals surface area contributed by atoms with Gasteiger partial charge in [0, 0.05) is 30.8 Å². The number of methoxy groups -OCH3 is 1. The molecule has 1 aromatic rings. The van der Waals surface area contributed by atoms with Crippen LogP contribution < -0.4 is 20.3 Å². The first-order valence-electron chi connectivity index (χ1n) is 10.5. The number of anilines is 2. The Morgan fingerprint density at radius 2 is 2.04 bits per heavy atom. The van der Waals surface area contributed by atoms with E-state index in [1.807, 2.05) is 25.1 Å². The van der Waals surface area contributed by atoms with E-state index in [1.165, 1.54) is 12.8 Å². The van der Waals surface area contributed by atoms with Crippen molar-refractivity contribution in [3.63, 3.8) is 0 Å². The fourth-order valence-electron chi connectivity index (χ4n) is 4.30. The zero-order valence-electron chi connectivity index (χ0n) is 17.5. The third-order valence-electron chi connectivity index (χ3n) is 6.35. The molecule has 1 saturated heterocycles. The van der Waals surface area contributed by atoms with Crippen LogP contribution in [-0.4, -0.2) is 37.6 Å². The molecular weight excluding hydrogens is 354 g/mol. The standard InChI is InChI=1S/C22H33N3O3/c1-14-7-5-8-18(15(14)2)24-22(27)16(3)23-17-10-11-19(20(13-17)28-4)25-12-6-9-21(25)26/h10-11,13-16,18,23H,5-9,12H2,1-4H3,(H,24,27)/t14-,15-,16-,18-/m1/s1. The van der Waals surface area contributed by atoms with Crippen LogP contribution >= 0.6 is 0 Å². The first-order chi connectivity index (χ1) is 13.4. The lowest BCUT2D eigenvalue weighted by atomic mass is 9.78. The molecule has 3 rings (SSSR count). The van der Waals surface area contributed by atoms with E-state index in [2.05, 4.69) is 24.5 Å². The minimum atomic E-state index is -0.353. The Kier molecular flexibility index (Phi) is 6.47. The molecule has 28 heavy (non-hydrogen) atoms. The van der Waals surface area contributed by atoms with Crippen molar-refractivity contribution in [3.05, 3.63) is 18.2 Å². The topological polar surface area (TPSA) is 70.7 Å². The lowest BCUT2D eigenvalue weighted by molar-refractivity contribution is -0.123. The van der Waals surface area contributed by atoms with Crippen molar-refractivity contribution >= 4 is 23.2 Å². The molecule has 2 amide bonds. The molecule has 0 unspecified atom stereocenters. The summed E-state index contributed by atoms with van der Waals surface area (Å²) in [5.41, 5.74) is 1.60. The van der Waals surface area contributed by atoms with Gasteiger partial charge in [0.15, 0.2) is 0 Å². The minimum absolute atomic E-state index is 0.0173. The van der Waals surface area contributed by atoms with E-state index in [0.29, 0.717) is 24.0 Å². The third-order valence-corrected chi connectivity index (χ3v) is 6.35. The molecule has 0 aromatic heterocycles. The molecule has 0 bridgehead atoms. The maximum Gasteiger partial charge on any atom is 0.242 e. The zero-order valence-corrected chi connectivity index (χ0v) is 17.5. The van der Waals surface area contributed by atoms with Crippen LogP contribution in [0, 0.1) is 11.8 Å². The number of rotatable bonds is 6. The molecule has 1 aliphatic carbocycles. The number of carbonyl (C=O) groups excluding carboxylic acids is 2. The quantitative estimate of drug-likeness (QED) is 0.783. The second-order valence-corrected chi connectivity index (χ2v) is 8.28. The molecule has 154 valence electrons. The summed E-state index contributed by atoms with van der Waals surface area (Å²) in [7, 11) is 1.60. The molecule has 6 heteroatoms. The lowest BCUT2D eigenvalue weighted by Gasteiger charge is -2.35. The number of amides is 2. The van der Waals surface area contributed by atoms with Crippen molar-refractivity contribution in [1.29, 1.82) is 0 Å². The Balaban J connectivity index is 1.64. The fourth-order valence-corrected chi connectivity index (χ4v) is 4.30. The van der Waals surface area contributed by atoms with E-state index in [9.17, 15) is 9.59 Å². The molecule has 1 heterocycles. The van der Waals surface area contributed by atoms with Crippen molar-refractivity contribution in [2.24, 2.45) is 11.8 Å². The second-order valence-electron chi connectivity index (χ2n) is 8.28. The summed E-state index contributed by atoms with van der Waals surface area (Å²) in [5, 5.41) is 6.49. The monoisotopic (exact) mass is 387 g/mol. The van der Waals surface area contributed by atoms with Crippen LogP contribution in [0.5, 0.6) is 5.75 Å². The Morgan fingerprint density at radius 1 is 1.25 bits per heavy atom. The van der Waals surface area contributed by atoms with Crippen LogP contribution in [0.3, 0.4) is 0 Å². The first-order valence-corrected chi connectivity index (χ1v) is 10.5. The van der Waals surface area contributed by atoms with Gasteiger partial charge in [0.2, 0.25) is 11.8 Å². The van der Waals surface area contributed by atoms with Crippen LogP contribution in [0.4, 0.5) is 11.4 Å². The summed E-state index contributed by atoms with van der Waals surface area (Å²) in [6.45, 7) is 7.09. The number of hydrogen-bond acceptors (Lipinski definition) is 4. The lowest BCUT2D eigenvalue weighted by Crippen LogP contribution is -2.48. The summed E-state index contributed by atoms with van der Waals surface area (Å²) in [6.07, 6.45) is 4.92. The summed E-state index contributed by atoms with van der Waals surface area (Å²) in [5.74, 6) is 1.93. The molecule has 0 spiro atoms. The Labute approximate surface area is 168 Å². The van der Waals surface area contributed by atoms with Crippen molar-refractivity contribution in [1.82, 2.24) is 5.32 Å². The van der Waals surface area contributed by atoms with E-state index in [4.69, 9.17) is 4.74 Å². The maximum absolute atomic E-state index is 12.7. The van der Waals surface area contributed by atoms with E-state index < -0.39 is 0 Å². The summed E-state index contributed by atoms with van der Waals surface area (Å²) >= 11 is 0. The second kappa shape index (κ2) is 8.84. The highest BCUT2D eigenvalue weighted by atomic mass is 16.5. The molecule has 6 nitrogen and oxygen atoms in total. The molecule has 2 aliphatic rings.